The number of rotatable bonds is 4. The van der Waals surface area contributed by atoms with Gasteiger partial charge in [0.1, 0.15) is 17.7 Å². The molecule has 0 unspecified atom stereocenters. The lowest BCUT2D eigenvalue weighted by atomic mass is 10.1. The van der Waals surface area contributed by atoms with E-state index < -0.39 is 0 Å². The van der Waals surface area contributed by atoms with Crippen LogP contribution in [0.25, 0.3) is 0 Å². The van der Waals surface area contributed by atoms with Crippen molar-refractivity contribution >= 4 is 5.91 Å². The summed E-state index contributed by atoms with van der Waals surface area (Å²) < 4.78 is 13.4. The summed E-state index contributed by atoms with van der Waals surface area (Å²) in [7, 11) is 0. The number of carbonyl (C=O) groups excluding carboxylic acids is 1. The molecular weight excluding hydrogens is 318 g/mol. The summed E-state index contributed by atoms with van der Waals surface area (Å²) in [6, 6.07) is 7.55. The Morgan fingerprint density at radius 1 is 1.20 bits per heavy atom. The Balaban J connectivity index is 1.33. The number of nitrogens with one attached hydrogen (secondary N) is 1. The van der Waals surface area contributed by atoms with E-state index in [-0.39, 0.29) is 18.1 Å². The zero-order valence-corrected chi connectivity index (χ0v) is 14.2. The van der Waals surface area contributed by atoms with Crippen LogP contribution in [-0.2, 0) is 17.7 Å². The predicted octanol–water partition coefficient (Wildman–Crippen LogP) is 2.19. The molecule has 1 amide bonds. The van der Waals surface area contributed by atoms with Crippen LogP contribution in [0.1, 0.15) is 35.4 Å². The van der Waals surface area contributed by atoms with Gasteiger partial charge < -0.3 is 19.4 Å². The fraction of sp³-hybridized carbons (Fsp3) is 0.474. The van der Waals surface area contributed by atoms with Gasteiger partial charge in [0.25, 0.3) is 5.91 Å². The summed E-state index contributed by atoms with van der Waals surface area (Å²) in [6.07, 6.45) is 7.65. The maximum absolute atomic E-state index is 12.5. The van der Waals surface area contributed by atoms with E-state index >= 15 is 0 Å². The molecule has 1 aromatic heterocycles. The van der Waals surface area contributed by atoms with Gasteiger partial charge in [0.2, 0.25) is 0 Å². The van der Waals surface area contributed by atoms with E-state index in [1.807, 2.05) is 36.7 Å². The molecule has 1 atom stereocenters. The minimum absolute atomic E-state index is 0.0359. The maximum Gasteiger partial charge on any atom is 0.251 e. The van der Waals surface area contributed by atoms with Gasteiger partial charge in [-0.3, -0.25) is 4.79 Å². The van der Waals surface area contributed by atoms with Crippen molar-refractivity contribution in [1.82, 2.24) is 14.9 Å². The first kappa shape index (κ1) is 16.1. The van der Waals surface area contributed by atoms with E-state index in [4.69, 9.17) is 9.47 Å². The number of amides is 1. The second kappa shape index (κ2) is 7.27. The van der Waals surface area contributed by atoms with E-state index in [1.54, 1.807) is 0 Å². The van der Waals surface area contributed by atoms with Crippen molar-refractivity contribution in [3.05, 3.63) is 48.0 Å². The Labute approximate surface area is 147 Å². The summed E-state index contributed by atoms with van der Waals surface area (Å²) in [4.78, 5) is 16.8. The molecule has 1 N–H and O–H groups in total. The van der Waals surface area contributed by atoms with Crippen molar-refractivity contribution in [2.45, 2.75) is 44.4 Å². The Morgan fingerprint density at radius 3 is 2.80 bits per heavy atom. The number of aryl methyl sites for hydroxylation is 1. The number of hydrogen-bond donors (Lipinski definition) is 1. The standard InChI is InChI=1S/C19H23N3O3/c23-19(21-15-3-6-18-20-9-10-22(18)13-15)14-1-4-16(5-2-14)25-17-7-11-24-12-8-17/h1-2,4-5,9-10,15,17H,3,6-8,11-13H2,(H,21,23)/t15-/m0/s1. The number of carbonyl (C=O) groups is 1. The van der Waals surface area contributed by atoms with Crippen LogP contribution in [0.15, 0.2) is 36.7 Å². The molecule has 25 heavy (non-hydrogen) atoms. The molecule has 6 nitrogen and oxygen atoms in total. The molecule has 132 valence electrons. The van der Waals surface area contributed by atoms with Crippen LogP contribution in [0.4, 0.5) is 0 Å². The van der Waals surface area contributed by atoms with Crippen LogP contribution in [-0.4, -0.2) is 40.8 Å². The number of hydrogen-bond acceptors (Lipinski definition) is 4. The molecule has 6 heteroatoms. The number of benzene rings is 1. The highest BCUT2D eigenvalue weighted by atomic mass is 16.5. The van der Waals surface area contributed by atoms with Gasteiger partial charge in [0, 0.05) is 49.8 Å². The van der Waals surface area contributed by atoms with Crippen LogP contribution >= 0.6 is 0 Å². The molecular formula is C19H23N3O3. The molecule has 4 rings (SSSR count). The van der Waals surface area contributed by atoms with Gasteiger partial charge in [-0.2, -0.15) is 0 Å². The van der Waals surface area contributed by atoms with Gasteiger partial charge in [-0.15, -0.1) is 0 Å². The van der Waals surface area contributed by atoms with E-state index in [9.17, 15) is 4.79 Å². The lowest BCUT2D eigenvalue weighted by Crippen LogP contribution is -2.40. The fourth-order valence-electron chi connectivity index (χ4n) is 3.42. The lowest BCUT2D eigenvalue weighted by Gasteiger charge is -2.25. The second-order valence-electron chi connectivity index (χ2n) is 6.66. The highest BCUT2D eigenvalue weighted by Crippen LogP contribution is 2.19. The summed E-state index contributed by atoms with van der Waals surface area (Å²) in [6.45, 7) is 2.29. The molecule has 2 aliphatic heterocycles. The Bertz CT molecular complexity index is 720. The summed E-state index contributed by atoms with van der Waals surface area (Å²) >= 11 is 0. The predicted molar refractivity (Wildman–Crippen MR) is 92.7 cm³/mol. The summed E-state index contributed by atoms with van der Waals surface area (Å²) in [5.74, 6) is 1.87. The first-order valence-electron chi connectivity index (χ1n) is 8.93. The molecule has 0 spiro atoms. The Hall–Kier alpha value is -2.34. The molecule has 1 saturated heterocycles. The molecule has 1 aromatic carbocycles. The molecule has 0 radical (unpaired) electrons. The topological polar surface area (TPSA) is 65.4 Å². The zero-order valence-electron chi connectivity index (χ0n) is 14.2. The van der Waals surface area contributed by atoms with Gasteiger partial charge in [0.15, 0.2) is 0 Å². The molecule has 1 fully saturated rings. The van der Waals surface area contributed by atoms with Crippen molar-refractivity contribution in [3.8, 4) is 5.75 Å². The van der Waals surface area contributed by atoms with Crippen molar-refractivity contribution in [3.63, 3.8) is 0 Å². The van der Waals surface area contributed by atoms with Crippen molar-refractivity contribution in [2.24, 2.45) is 0 Å². The van der Waals surface area contributed by atoms with Gasteiger partial charge in [-0.05, 0) is 30.7 Å². The van der Waals surface area contributed by atoms with Crippen LogP contribution < -0.4 is 10.1 Å². The van der Waals surface area contributed by atoms with Crippen LogP contribution in [0.3, 0.4) is 0 Å². The highest BCUT2D eigenvalue weighted by Gasteiger charge is 2.21. The lowest BCUT2D eigenvalue weighted by molar-refractivity contribution is 0.0256. The third-order valence-corrected chi connectivity index (χ3v) is 4.86. The van der Waals surface area contributed by atoms with E-state index in [0.717, 1.165) is 57.0 Å². The minimum Gasteiger partial charge on any atom is -0.490 e. The van der Waals surface area contributed by atoms with Gasteiger partial charge in [-0.1, -0.05) is 0 Å². The average molecular weight is 341 g/mol. The second-order valence-corrected chi connectivity index (χ2v) is 6.66. The fourth-order valence-corrected chi connectivity index (χ4v) is 3.42. The van der Waals surface area contributed by atoms with Crippen molar-refractivity contribution in [1.29, 1.82) is 0 Å². The molecule has 0 saturated carbocycles. The van der Waals surface area contributed by atoms with Crippen molar-refractivity contribution in [2.75, 3.05) is 13.2 Å². The van der Waals surface area contributed by atoms with E-state index in [0.29, 0.717) is 5.56 Å². The van der Waals surface area contributed by atoms with Gasteiger partial charge in [-0.25, -0.2) is 4.98 Å². The highest BCUT2D eigenvalue weighted by molar-refractivity contribution is 5.94. The largest absolute Gasteiger partial charge is 0.490 e. The van der Waals surface area contributed by atoms with Crippen molar-refractivity contribution < 1.29 is 14.3 Å². The zero-order chi connectivity index (χ0) is 17.1. The molecule has 0 bridgehead atoms. The minimum atomic E-state index is -0.0359. The normalized spacial score (nSPS) is 20.7. The molecule has 2 aliphatic rings. The number of ether oxygens (including phenoxy) is 2. The average Bonchev–Trinajstić information content (AvgIpc) is 3.11. The molecule has 3 heterocycles. The Kier molecular flexibility index (Phi) is 4.70. The number of imidazole rings is 1. The van der Waals surface area contributed by atoms with Crippen LogP contribution in [0, 0.1) is 0 Å². The first-order chi connectivity index (χ1) is 12.3. The number of fused-ring (bicyclic) bond motifs is 1. The number of nitrogens with zero attached hydrogens (tertiary/aromatic N) is 2. The first-order valence-corrected chi connectivity index (χ1v) is 8.93. The summed E-state index contributed by atoms with van der Waals surface area (Å²) in [5, 5.41) is 3.12. The van der Waals surface area contributed by atoms with Gasteiger partial charge in [0.05, 0.1) is 13.2 Å². The van der Waals surface area contributed by atoms with Crippen LogP contribution in [0.2, 0.25) is 0 Å². The van der Waals surface area contributed by atoms with Gasteiger partial charge >= 0.3 is 0 Å². The third kappa shape index (κ3) is 3.85. The SMILES string of the molecule is O=C(N[C@H]1CCc2nccn2C1)c1ccc(OC2CCOCC2)cc1. The number of aromatic nitrogens is 2. The Morgan fingerprint density at radius 2 is 2.00 bits per heavy atom. The quantitative estimate of drug-likeness (QED) is 0.926. The van der Waals surface area contributed by atoms with E-state index in [2.05, 4.69) is 14.9 Å². The van der Waals surface area contributed by atoms with Crippen LogP contribution in [0.5, 0.6) is 5.75 Å². The maximum atomic E-state index is 12.5. The monoisotopic (exact) mass is 341 g/mol. The van der Waals surface area contributed by atoms with E-state index in [1.165, 1.54) is 0 Å². The molecule has 0 aliphatic carbocycles. The molecule has 2 aromatic rings. The summed E-state index contributed by atoms with van der Waals surface area (Å²) in [5.41, 5.74) is 0.663. The third-order valence-electron chi connectivity index (χ3n) is 4.86. The smallest absolute Gasteiger partial charge is 0.251 e.